The van der Waals surface area contributed by atoms with E-state index in [2.05, 4.69) is 36.4 Å². The average Bonchev–Trinajstić information content (AvgIpc) is 2.84. The Morgan fingerprint density at radius 3 is 2.37 bits per heavy atom. The molecular weight excluding hydrogens is 438 g/mol. The number of aliphatic carboxylic acids is 1. The minimum Gasteiger partial charge on any atom is -0.481 e. The van der Waals surface area contributed by atoms with Gasteiger partial charge in [0.05, 0.1) is 5.41 Å². The van der Waals surface area contributed by atoms with Crippen LogP contribution in [0.5, 0.6) is 0 Å². The van der Waals surface area contributed by atoms with E-state index < -0.39 is 11.4 Å². The second-order valence-corrected chi connectivity index (χ2v) is 12.4. The van der Waals surface area contributed by atoms with E-state index in [4.69, 9.17) is 0 Å². The van der Waals surface area contributed by atoms with Crippen LogP contribution in [-0.4, -0.2) is 34.1 Å². The van der Waals surface area contributed by atoms with Crippen molar-refractivity contribution in [3.63, 3.8) is 0 Å². The van der Waals surface area contributed by atoms with Gasteiger partial charge in [-0.25, -0.2) is 4.98 Å². The fraction of sp³-hybridized carbons (Fsp3) is 0.621. The molecule has 4 aliphatic rings. The predicted molar refractivity (Wildman–Crippen MR) is 138 cm³/mol. The molecule has 1 amide bonds. The van der Waals surface area contributed by atoms with Crippen LogP contribution in [0.1, 0.15) is 88.9 Å². The Morgan fingerprint density at radius 1 is 1.00 bits per heavy atom. The number of rotatable bonds is 5. The van der Waals surface area contributed by atoms with Crippen molar-refractivity contribution >= 4 is 28.5 Å². The Bertz CT molecular complexity index is 1110. The lowest BCUT2D eigenvalue weighted by atomic mass is 9.58. The highest BCUT2D eigenvalue weighted by Crippen LogP contribution is 2.50. The molecule has 1 aromatic heterocycles. The molecule has 3 N–H and O–H groups in total. The fourth-order valence-corrected chi connectivity index (χ4v) is 6.78. The van der Waals surface area contributed by atoms with E-state index in [0.717, 1.165) is 61.0 Å². The number of amides is 1. The third kappa shape index (κ3) is 4.89. The highest BCUT2D eigenvalue weighted by molar-refractivity contribution is 5.99. The molecule has 4 fully saturated rings. The molecule has 0 aliphatic heterocycles. The topological polar surface area (TPSA) is 91.3 Å². The average molecular weight is 478 g/mol. The zero-order valence-corrected chi connectivity index (χ0v) is 21.3. The number of aromatic nitrogens is 1. The largest absolute Gasteiger partial charge is 0.481 e. The summed E-state index contributed by atoms with van der Waals surface area (Å²) in [6.45, 7) is 7.02. The molecule has 4 saturated carbocycles. The summed E-state index contributed by atoms with van der Waals surface area (Å²) in [6.07, 6.45) is 10.4. The molecule has 35 heavy (non-hydrogen) atoms. The van der Waals surface area contributed by atoms with Crippen molar-refractivity contribution in [3.8, 4) is 0 Å². The number of anilines is 1. The van der Waals surface area contributed by atoms with Crippen LogP contribution in [0.25, 0.3) is 10.8 Å². The monoisotopic (exact) mass is 477 g/mol. The first-order valence-electron chi connectivity index (χ1n) is 13.3. The lowest BCUT2D eigenvalue weighted by Crippen LogP contribution is -2.53. The van der Waals surface area contributed by atoms with Gasteiger partial charge in [-0.05, 0) is 98.6 Å². The second-order valence-electron chi connectivity index (χ2n) is 12.4. The summed E-state index contributed by atoms with van der Waals surface area (Å²) in [6, 6.07) is 8.14. The molecule has 6 rings (SSSR count). The quantitative estimate of drug-likeness (QED) is 0.490. The molecule has 1 heterocycles. The van der Waals surface area contributed by atoms with Gasteiger partial charge in [0.15, 0.2) is 0 Å². The van der Waals surface area contributed by atoms with Crippen LogP contribution in [-0.2, 0) is 4.79 Å². The van der Waals surface area contributed by atoms with Gasteiger partial charge in [0.25, 0.3) is 5.91 Å². The summed E-state index contributed by atoms with van der Waals surface area (Å²) < 4.78 is 0. The first kappa shape index (κ1) is 24.1. The van der Waals surface area contributed by atoms with E-state index in [-0.39, 0.29) is 11.9 Å². The minimum absolute atomic E-state index is 0.0605. The Kier molecular flexibility index (Phi) is 6.27. The van der Waals surface area contributed by atoms with E-state index in [0.29, 0.717) is 29.4 Å². The van der Waals surface area contributed by atoms with Gasteiger partial charge >= 0.3 is 5.97 Å². The smallest absolute Gasteiger partial charge is 0.309 e. The SMILES string of the molecule is CC(C)(C)C1CCC(Nc2cc3cc(C(=O)NC4CC5(C(=O)O)CCC4CC5)ccc3cn2)CC1. The Labute approximate surface area is 208 Å². The highest BCUT2D eigenvalue weighted by Gasteiger charge is 2.50. The molecule has 2 bridgehead atoms. The maximum absolute atomic E-state index is 13.1. The zero-order valence-electron chi connectivity index (χ0n) is 21.3. The molecule has 0 spiro atoms. The van der Waals surface area contributed by atoms with Crippen LogP contribution in [0.3, 0.4) is 0 Å². The van der Waals surface area contributed by atoms with Crippen LogP contribution in [0.4, 0.5) is 5.82 Å². The van der Waals surface area contributed by atoms with Crippen molar-refractivity contribution in [2.45, 2.75) is 90.6 Å². The van der Waals surface area contributed by atoms with Crippen molar-refractivity contribution in [2.24, 2.45) is 22.7 Å². The zero-order chi connectivity index (χ0) is 24.8. The minimum atomic E-state index is -0.708. The summed E-state index contributed by atoms with van der Waals surface area (Å²) in [5, 5.41) is 18.6. The van der Waals surface area contributed by atoms with Crippen molar-refractivity contribution < 1.29 is 14.7 Å². The molecule has 1 aromatic carbocycles. The Balaban J connectivity index is 1.25. The van der Waals surface area contributed by atoms with E-state index >= 15 is 0 Å². The number of nitrogens with zero attached hydrogens (tertiary/aromatic N) is 1. The van der Waals surface area contributed by atoms with Crippen molar-refractivity contribution in [2.75, 3.05) is 5.32 Å². The number of carbonyl (C=O) groups excluding carboxylic acids is 1. The van der Waals surface area contributed by atoms with Crippen molar-refractivity contribution in [3.05, 3.63) is 36.0 Å². The number of carbonyl (C=O) groups is 2. The van der Waals surface area contributed by atoms with Gasteiger partial charge in [0, 0.05) is 29.2 Å². The molecule has 0 saturated heterocycles. The molecule has 1 unspecified atom stereocenters. The molecule has 6 nitrogen and oxygen atoms in total. The number of carboxylic acids is 1. The van der Waals surface area contributed by atoms with Crippen LogP contribution < -0.4 is 10.6 Å². The van der Waals surface area contributed by atoms with Crippen molar-refractivity contribution in [1.29, 1.82) is 0 Å². The van der Waals surface area contributed by atoms with E-state index in [1.807, 2.05) is 30.5 Å². The van der Waals surface area contributed by atoms with Gasteiger partial charge in [-0.2, -0.15) is 0 Å². The van der Waals surface area contributed by atoms with Crippen LogP contribution in [0, 0.1) is 22.7 Å². The second kappa shape index (κ2) is 9.11. The van der Waals surface area contributed by atoms with E-state index in [1.165, 1.54) is 12.8 Å². The van der Waals surface area contributed by atoms with Gasteiger partial charge in [-0.3, -0.25) is 9.59 Å². The lowest BCUT2D eigenvalue weighted by molar-refractivity contribution is -0.156. The Morgan fingerprint density at radius 2 is 1.71 bits per heavy atom. The summed E-state index contributed by atoms with van der Waals surface area (Å²) >= 11 is 0. The maximum Gasteiger partial charge on any atom is 0.309 e. The third-order valence-corrected chi connectivity index (χ3v) is 9.23. The highest BCUT2D eigenvalue weighted by atomic mass is 16.4. The third-order valence-electron chi connectivity index (χ3n) is 9.23. The molecule has 188 valence electrons. The molecule has 0 radical (unpaired) electrons. The number of hydrogen-bond donors (Lipinski definition) is 3. The molecule has 2 aromatic rings. The normalized spacial score (nSPS) is 30.7. The first-order valence-corrected chi connectivity index (χ1v) is 13.3. The van der Waals surface area contributed by atoms with E-state index in [1.54, 1.807) is 0 Å². The number of nitrogens with one attached hydrogen (secondary N) is 2. The lowest BCUT2D eigenvalue weighted by Gasteiger charge is -2.48. The molecule has 6 heteroatoms. The number of benzene rings is 1. The van der Waals surface area contributed by atoms with Crippen molar-refractivity contribution in [1.82, 2.24) is 10.3 Å². The van der Waals surface area contributed by atoms with Gasteiger partial charge in [-0.1, -0.05) is 26.8 Å². The number of fused-ring (bicyclic) bond motifs is 4. The Hall–Kier alpha value is -2.63. The van der Waals surface area contributed by atoms with Gasteiger partial charge in [0.1, 0.15) is 5.82 Å². The van der Waals surface area contributed by atoms with Gasteiger partial charge in [0.2, 0.25) is 0 Å². The number of carboxylic acid groups (broad SMARTS) is 1. The predicted octanol–water partition coefficient (Wildman–Crippen LogP) is 6.01. The van der Waals surface area contributed by atoms with E-state index in [9.17, 15) is 14.7 Å². The molecular formula is C29H39N3O3. The van der Waals surface area contributed by atoms with Gasteiger partial charge in [-0.15, -0.1) is 0 Å². The van der Waals surface area contributed by atoms with Crippen LogP contribution in [0.15, 0.2) is 30.5 Å². The standard InChI is InChI=1S/C29H39N3O3/c1-28(2,3)22-6-8-23(9-7-22)31-25-15-21-14-19(4-5-20(21)17-30-25)26(33)32-24-16-29(27(34)35)12-10-18(24)11-13-29/h4-5,14-15,17-18,22-24H,6-13,16H2,1-3H3,(H,30,31)(H,32,33)(H,34,35). The number of hydrogen-bond acceptors (Lipinski definition) is 4. The van der Waals surface area contributed by atoms with Crippen LogP contribution >= 0.6 is 0 Å². The summed E-state index contributed by atoms with van der Waals surface area (Å²) in [5.41, 5.74) is 0.328. The fourth-order valence-electron chi connectivity index (χ4n) is 6.78. The molecule has 4 aliphatic carbocycles. The van der Waals surface area contributed by atoms with Crippen LogP contribution in [0.2, 0.25) is 0 Å². The summed E-state index contributed by atoms with van der Waals surface area (Å²) in [7, 11) is 0. The summed E-state index contributed by atoms with van der Waals surface area (Å²) in [4.78, 5) is 29.6. The number of pyridine rings is 1. The maximum atomic E-state index is 13.1. The first-order chi connectivity index (χ1) is 16.6. The molecule has 1 atom stereocenters. The summed E-state index contributed by atoms with van der Waals surface area (Å²) in [5.74, 6) is 1.20. The van der Waals surface area contributed by atoms with Gasteiger partial charge < -0.3 is 15.7 Å².